The van der Waals surface area contributed by atoms with Gasteiger partial charge in [0.1, 0.15) is 0 Å². The Bertz CT molecular complexity index is 590. The maximum atomic E-state index is 11.7. The highest BCUT2D eigenvalue weighted by Crippen LogP contribution is 2.26. The highest BCUT2D eigenvalue weighted by molar-refractivity contribution is 5.98. The van der Waals surface area contributed by atoms with Gasteiger partial charge in [0.05, 0.1) is 24.6 Å². The van der Waals surface area contributed by atoms with Gasteiger partial charge in [0.15, 0.2) is 0 Å². The van der Waals surface area contributed by atoms with Crippen molar-refractivity contribution in [1.82, 2.24) is 10.2 Å². The first kappa shape index (κ1) is 10.3. The number of amides is 1. The van der Waals surface area contributed by atoms with E-state index >= 15 is 0 Å². The maximum Gasteiger partial charge on any atom is 0.229 e. The van der Waals surface area contributed by atoms with E-state index < -0.39 is 6.10 Å². The van der Waals surface area contributed by atoms with E-state index in [1.54, 1.807) is 4.90 Å². The predicted molar refractivity (Wildman–Crippen MR) is 63.8 cm³/mol. The Hall–Kier alpha value is -1.88. The smallest absolute Gasteiger partial charge is 0.229 e. The lowest BCUT2D eigenvalue weighted by Gasteiger charge is -2.15. The molecule has 88 valence electrons. The van der Waals surface area contributed by atoms with Gasteiger partial charge in [-0.15, -0.1) is 0 Å². The van der Waals surface area contributed by atoms with Crippen LogP contribution in [0.4, 0.5) is 5.69 Å². The molecule has 3 rings (SSSR count). The Morgan fingerprint density at radius 1 is 1.53 bits per heavy atom. The Morgan fingerprint density at radius 2 is 2.35 bits per heavy atom. The number of benzene rings is 1. The zero-order chi connectivity index (χ0) is 12.0. The number of anilines is 1. The SMILES string of the molecule is Cc1[nH]nc2ccc(N3CC(O)CC3=O)cc12. The van der Waals surface area contributed by atoms with Crippen molar-refractivity contribution < 1.29 is 9.90 Å². The number of aromatic nitrogens is 2. The van der Waals surface area contributed by atoms with E-state index in [-0.39, 0.29) is 12.3 Å². The molecule has 1 amide bonds. The average molecular weight is 231 g/mol. The van der Waals surface area contributed by atoms with E-state index in [1.807, 2.05) is 25.1 Å². The van der Waals surface area contributed by atoms with Crippen LogP contribution in [-0.4, -0.2) is 33.9 Å². The Labute approximate surface area is 98.0 Å². The summed E-state index contributed by atoms with van der Waals surface area (Å²) < 4.78 is 0. The second kappa shape index (κ2) is 3.56. The molecule has 2 aromatic rings. The van der Waals surface area contributed by atoms with Crippen molar-refractivity contribution >= 4 is 22.5 Å². The molecule has 1 aromatic heterocycles. The number of hydrogen-bond donors (Lipinski definition) is 2. The molecule has 0 saturated carbocycles. The normalized spacial score (nSPS) is 20.5. The van der Waals surface area contributed by atoms with Crippen LogP contribution in [0.5, 0.6) is 0 Å². The molecule has 5 nitrogen and oxygen atoms in total. The van der Waals surface area contributed by atoms with Gasteiger partial charge in [-0.3, -0.25) is 9.89 Å². The summed E-state index contributed by atoms with van der Waals surface area (Å²) >= 11 is 0. The molecule has 0 spiro atoms. The fraction of sp³-hybridized carbons (Fsp3) is 0.333. The summed E-state index contributed by atoms with van der Waals surface area (Å²) in [6.07, 6.45) is -0.341. The molecule has 1 aliphatic rings. The number of β-amino-alcohol motifs (C(OH)–C–C–N with tert-alkyl or cyclic N) is 1. The van der Waals surface area contributed by atoms with Crippen LogP contribution in [0, 0.1) is 6.92 Å². The number of aliphatic hydroxyl groups excluding tert-OH is 1. The second-order valence-electron chi connectivity index (χ2n) is 4.41. The van der Waals surface area contributed by atoms with E-state index in [9.17, 15) is 9.90 Å². The van der Waals surface area contributed by atoms with Crippen molar-refractivity contribution in [1.29, 1.82) is 0 Å². The number of nitrogens with zero attached hydrogens (tertiary/aromatic N) is 2. The number of aliphatic hydroxyl groups is 1. The third-order valence-electron chi connectivity index (χ3n) is 3.14. The summed E-state index contributed by atoms with van der Waals surface area (Å²) in [7, 11) is 0. The fourth-order valence-electron chi connectivity index (χ4n) is 2.23. The molecular formula is C12H13N3O2. The van der Waals surface area contributed by atoms with Crippen LogP contribution in [0.2, 0.25) is 0 Å². The molecule has 1 atom stereocenters. The van der Waals surface area contributed by atoms with Crippen LogP contribution in [0.3, 0.4) is 0 Å². The zero-order valence-corrected chi connectivity index (χ0v) is 9.47. The molecule has 1 aliphatic heterocycles. The third-order valence-corrected chi connectivity index (χ3v) is 3.14. The monoisotopic (exact) mass is 231 g/mol. The first-order valence-electron chi connectivity index (χ1n) is 5.58. The van der Waals surface area contributed by atoms with E-state index in [0.29, 0.717) is 6.54 Å². The first-order chi connectivity index (χ1) is 8.15. The molecule has 1 aromatic carbocycles. The highest BCUT2D eigenvalue weighted by atomic mass is 16.3. The minimum Gasteiger partial charge on any atom is -0.391 e. The molecule has 5 heteroatoms. The molecule has 0 bridgehead atoms. The summed E-state index contributed by atoms with van der Waals surface area (Å²) in [6.45, 7) is 2.32. The molecular weight excluding hydrogens is 218 g/mol. The number of aryl methyl sites for hydroxylation is 1. The molecule has 0 radical (unpaired) electrons. The van der Waals surface area contributed by atoms with Crippen LogP contribution in [-0.2, 0) is 4.79 Å². The number of nitrogens with one attached hydrogen (secondary N) is 1. The number of rotatable bonds is 1. The number of carbonyl (C=O) groups is 1. The van der Waals surface area contributed by atoms with Crippen molar-refractivity contribution in [3.63, 3.8) is 0 Å². The van der Waals surface area contributed by atoms with E-state index in [0.717, 1.165) is 22.3 Å². The van der Waals surface area contributed by atoms with Gasteiger partial charge in [-0.2, -0.15) is 5.10 Å². The first-order valence-corrected chi connectivity index (χ1v) is 5.58. The Morgan fingerprint density at radius 3 is 3.06 bits per heavy atom. The van der Waals surface area contributed by atoms with Gasteiger partial charge in [0, 0.05) is 16.8 Å². The van der Waals surface area contributed by atoms with Gasteiger partial charge in [0.25, 0.3) is 0 Å². The highest BCUT2D eigenvalue weighted by Gasteiger charge is 2.29. The predicted octanol–water partition coefficient (Wildman–Crippen LogP) is 0.969. The zero-order valence-electron chi connectivity index (χ0n) is 9.47. The van der Waals surface area contributed by atoms with Gasteiger partial charge in [-0.1, -0.05) is 0 Å². The Kier molecular flexibility index (Phi) is 2.16. The summed E-state index contributed by atoms with van der Waals surface area (Å²) in [5.41, 5.74) is 2.69. The lowest BCUT2D eigenvalue weighted by atomic mass is 10.2. The van der Waals surface area contributed by atoms with E-state index in [1.165, 1.54) is 0 Å². The van der Waals surface area contributed by atoms with Crippen LogP contribution in [0.25, 0.3) is 10.9 Å². The third kappa shape index (κ3) is 1.59. The molecule has 1 saturated heterocycles. The fourth-order valence-corrected chi connectivity index (χ4v) is 2.23. The summed E-state index contributed by atoms with van der Waals surface area (Å²) in [5, 5.41) is 17.5. The minimum atomic E-state index is -0.552. The standard InChI is InChI=1S/C12H13N3O2/c1-7-10-4-8(2-3-11(10)14-13-7)15-6-9(16)5-12(15)17/h2-4,9,16H,5-6H2,1H3,(H,13,14). The summed E-state index contributed by atoms with van der Waals surface area (Å²) in [4.78, 5) is 13.3. The van der Waals surface area contributed by atoms with E-state index in [2.05, 4.69) is 10.2 Å². The van der Waals surface area contributed by atoms with Crippen LogP contribution >= 0.6 is 0 Å². The van der Waals surface area contributed by atoms with Crippen molar-refractivity contribution in [2.45, 2.75) is 19.4 Å². The van der Waals surface area contributed by atoms with Crippen molar-refractivity contribution in [2.24, 2.45) is 0 Å². The van der Waals surface area contributed by atoms with Crippen LogP contribution in [0.1, 0.15) is 12.1 Å². The molecule has 0 aliphatic carbocycles. The lowest BCUT2D eigenvalue weighted by Crippen LogP contribution is -2.25. The molecule has 1 fully saturated rings. The molecule has 1 unspecified atom stereocenters. The molecule has 2 N–H and O–H groups in total. The van der Waals surface area contributed by atoms with Crippen LogP contribution in [0.15, 0.2) is 18.2 Å². The largest absolute Gasteiger partial charge is 0.391 e. The van der Waals surface area contributed by atoms with Crippen molar-refractivity contribution in [2.75, 3.05) is 11.4 Å². The summed E-state index contributed by atoms with van der Waals surface area (Å²) in [5.74, 6) is -0.0296. The van der Waals surface area contributed by atoms with Gasteiger partial charge < -0.3 is 10.0 Å². The number of H-pyrrole nitrogens is 1. The van der Waals surface area contributed by atoms with Gasteiger partial charge in [-0.05, 0) is 25.1 Å². The van der Waals surface area contributed by atoms with Gasteiger partial charge in [-0.25, -0.2) is 0 Å². The number of carbonyl (C=O) groups excluding carboxylic acids is 1. The second-order valence-corrected chi connectivity index (χ2v) is 4.41. The topological polar surface area (TPSA) is 69.2 Å². The number of hydrogen-bond acceptors (Lipinski definition) is 3. The number of aromatic amines is 1. The van der Waals surface area contributed by atoms with Crippen LogP contribution < -0.4 is 4.90 Å². The van der Waals surface area contributed by atoms with Crippen molar-refractivity contribution in [3.05, 3.63) is 23.9 Å². The maximum absolute atomic E-state index is 11.7. The molecule has 17 heavy (non-hydrogen) atoms. The minimum absolute atomic E-state index is 0.0296. The van der Waals surface area contributed by atoms with E-state index in [4.69, 9.17) is 0 Å². The molecule has 2 heterocycles. The summed E-state index contributed by atoms with van der Waals surface area (Å²) in [6, 6.07) is 5.68. The van der Waals surface area contributed by atoms with Crippen molar-refractivity contribution in [3.8, 4) is 0 Å². The quantitative estimate of drug-likeness (QED) is 0.768. The lowest BCUT2D eigenvalue weighted by molar-refractivity contribution is -0.117. The van der Waals surface area contributed by atoms with Gasteiger partial charge >= 0.3 is 0 Å². The number of fused-ring (bicyclic) bond motifs is 1. The van der Waals surface area contributed by atoms with Gasteiger partial charge in [0.2, 0.25) is 5.91 Å². The average Bonchev–Trinajstić information content (AvgIpc) is 2.83. The Balaban J connectivity index is 2.06.